The number of hydrogen-bond donors (Lipinski definition) is 1. The van der Waals surface area contributed by atoms with Gasteiger partial charge < -0.3 is 5.32 Å². The highest BCUT2D eigenvalue weighted by molar-refractivity contribution is 8.45. The highest BCUT2D eigenvalue weighted by Crippen LogP contribution is 3.02. The fourth-order valence-corrected chi connectivity index (χ4v) is 7.26. The molecule has 0 fully saturated rings. The molecule has 2 aromatic rings. The third-order valence-corrected chi connectivity index (χ3v) is 9.42. The van der Waals surface area contributed by atoms with Crippen LogP contribution in [-0.4, -0.2) is 64.3 Å². The minimum absolute atomic E-state index is 0.109. The Labute approximate surface area is 214 Å². The third kappa shape index (κ3) is 6.26. The second-order valence-corrected chi connectivity index (χ2v) is 14.9. The first kappa shape index (κ1) is 30.2. The molecule has 1 aromatic carbocycles. The smallest absolute Gasteiger partial charge is 0.310 e. The Morgan fingerprint density at radius 3 is 1.83 bits per heavy atom. The molecule has 0 saturated carbocycles. The van der Waals surface area contributed by atoms with Gasteiger partial charge in [-0.3, -0.25) is 4.90 Å². The molecule has 20 heteroatoms. The maximum Gasteiger partial charge on any atom is 0.310 e. The SMILES string of the molecule is CC(Nc1c(N(S(C)(=O)=O)S(C)(=O)=O)c(C#N)nn1-c1c(Cl)cc(S(F)(F)(F)(F)F)cc1Cl)N(C)C. The normalized spacial score (nSPS) is 15.7. The molecule has 0 saturated heterocycles. The zero-order chi connectivity index (χ0) is 28.3. The van der Waals surface area contributed by atoms with Crippen LogP contribution in [0.1, 0.15) is 12.6 Å². The molecule has 0 bridgehead atoms. The zero-order valence-corrected chi connectivity index (χ0v) is 22.9. The van der Waals surface area contributed by atoms with E-state index < -0.39 is 74.3 Å². The summed E-state index contributed by atoms with van der Waals surface area (Å²) in [5, 5.41) is 14.1. The van der Waals surface area contributed by atoms with E-state index in [0.717, 1.165) is 0 Å². The summed E-state index contributed by atoms with van der Waals surface area (Å²) < 4.78 is 117. The molecule has 0 spiro atoms. The van der Waals surface area contributed by atoms with E-state index in [9.17, 15) is 41.5 Å². The molecule has 1 unspecified atom stereocenters. The molecule has 0 aliphatic heterocycles. The van der Waals surface area contributed by atoms with Gasteiger partial charge in [0.25, 0.3) is 0 Å². The molecular formula is C16H19Cl2F5N6O4S3. The lowest BCUT2D eigenvalue weighted by molar-refractivity contribution is 0.342. The number of halogens is 7. The van der Waals surface area contributed by atoms with Crippen molar-refractivity contribution in [1.29, 1.82) is 5.26 Å². The highest BCUT2D eigenvalue weighted by atomic mass is 35.5. The van der Waals surface area contributed by atoms with Gasteiger partial charge >= 0.3 is 10.2 Å². The van der Waals surface area contributed by atoms with E-state index in [2.05, 4.69) is 10.4 Å². The minimum atomic E-state index is -10.2. The molecule has 1 heterocycles. The average molecular weight is 621 g/mol. The van der Waals surface area contributed by atoms with Crippen molar-refractivity contribution in [1.82, 2.24) is 14.7 Å². The summed E-state index contributed by atoms with van der Waals surface area (Å²) in [6.45, 7) is 1.51. The Balaban J connectivity index is 3.09. The van der Waals surface area contributed by atoms with Gasteiger partial charge in [-0.25, -0.2) is 21.5 Å². The molecule has 1 atom stereocenters. The third-order valence-electron chi connectivity index (χ3n) is 4.52. The summed E-state index contributed by atoms with van der Waals surface area (Å²) in [5.74, 6) is -0.549. The van der Waals surface area contributed by atoms with Crippen molar-refractivity contribution in [2.24, 2.45) is 0 Å². The summed E-state index contributed by atoms with van der Waals surface area (Å²) in [5.41, 5.74) is -2.30. The minimum Gasteiger partial charge on any atom is -0.353 e. The Morgan fingerprint density at radius 1 is 1.06 bits per heavy atom. The van der Waals surface area contributed by atoms with Crippen LogP contribution in [0.5, 0.6) is 0 Å². The summed E-state index contributed by atoms with van der Waals surface area (Å²) in [6, 6.07) is 1.28. The summed E-state index contributed by atoms with van der Waals surface area (Å²) >= 11 is 11.8. The predicted octanol–water partition coefficient (Wildman–Crippen LogP) is 4.75. The van der Waals surface area contributed by atoms with Gasteiger partial charge in [0.15, 0.2) is 11.5 Å². The number of aromatic nitrogens is 2. The Hall–Kier alpha value is -2.04. The number of benzene rings is 1. The van der Waals surface area contributed by atoms with Crippen molar-refractivity contribution >= 4 is 65.0 Å². The van der Waals surface area contributed by atoms with E-state index in [0.29, 0.717) is 17.2 Å². The van der Waals surface area contributed by atoms with Crippen molar-refractivity contribution in [3.63, 3.8) is 0 Å². The fourth-order valence-electron chi connectivity index (χ4n) is 2.82. The second kappa shape index (κ2) is 8.49. The van der Waals surface area contributed by atoms with E-state index in [1.807, 2.05) is 0 Å². The first-order valence-corrected chi connectivity index (χ1v) is 15.6. The monoisotopic (exact) mass is 620 g/mol. The van der Waals surface area contributed by atoms with Crippen LogP contribution in [0.3, 0.4) is 0 Å². The van der Waals surface area contributed by atoms with Crippen LogP contribution in [0.25, 0.3) is 5.69 Å². The highest BCUT2D eigenvalue weighted by Gasteiger charge is 2.65. The Bertz CT molecular complexity index is 1440. The van der Waals surface area contributed by atoms with Gasteiger partial charge in [0, 0.05) is 0 Å². The van der Waals surface area contributed by atoms with Gasteiger partial charge in [0.05, 0.1) is 28.7 Å². The van der Waals surface area contributed by atoms with Crippen LogP contribution in [0.4, 0.5) is 30.9 Å². The molecule has 0 radical (unpaired) electrons. The standard InChI is InChI=1S/C16H19Cl2F5N6O4S3/c1-9(27(2)3)25-16-15(29(34(4,30)31)35(5,32)33)13(8-24)26-28(16)14-11(17)6-10(7-12(14)18)36(19,20,21,22)23/h6-7,9,25H,1-5H3. The first-order valence-electron chi connectivity index (χ1n) is 9.19. The number of nitrogens with zero attached hydrogens (tertiary/aromatic N) is 5. The van der Waals surface area contributed by atoms with Crippen LogP contribution in [0.15, 0.2) is 17.0 Å². The lowest BCUT2D eigenvalue weighted by atomic mass is 10.3. The van der Waals surface area contributed by atoms with Gasteiger partial charge in [-0.2, -0.15) is 14.1 Å². The maximum atomic E-state index is 13.3. The summed E-state index contributed by atoms with van der Waals surface area (Å²) in [6.07, 6.45) is 0.303. The van der Waals surface area contributed by atoms with Crippen molar-refractivity contribution in [3.8, 4) is 11.8 Å². The molecule has 36 heavy (non-hydrogen) atoms. The average Bonchev–Trinajstić information content (AvgIpc) is 2.94. The molecule has 1 aromatic heterocycles. The molecular weight excluding hydrogens is 602 g/mol. The van der Waals surface area contributed by atoms with E-state index in [1.165, 1.54) is 17.9 Å². The van der Waals surface area contributed by atoms with E-state index in [1.54, 1.807) is 14.1 Å². The van der Waals surface area contributed by atoms with Gasteiger partial charge in [-0.1, -0.05) is 42.6 Å². The first-order chi connectivity index (χ1) is 15.8. The molecule has 0 aliphatic rings. The van der Waals surface area contributed by atoms with E-state index >= 15 is 0 Å². The maximum absolute atomic E-state index is 13.3. The molecule has 2 rings (SSSR count). The molecule has 0 aliphatic carbocycles. The Kier molecular flexibility index (Phi) is 7.12. The number of anilines is 2. The number of hydrogen-bond acceptors (Lipinski definition) is 8. The van der Waals surface area contributed by atoms with Gasteiger partial charge in [0.2, 0.25) is 20.0 Å². The molecule has 0 amide bonds. The van der Waals surface area contributed by atoms with Crippen LogP contribution >= 0.6 is 33.4 Å². The van der Waals surface area contributed by atoms with Crippen molar-refractivity contribution in [2.45, 2.75) is 18.0 Å². The number of nitriles is 1. The van der Waals surface area contributed by atoms with Gasteiger partial charge in [-0.15, -0.1) is 0 Å². The van der Waals surface area contributed by atoms with Crippen molar-refractivity contribution < 1.29 is 36.3 Å². The largest absolute Gasteiger partial charge is 0.353 e. The summed E-state index contributed by atoms with van der Waals surface area (Å²) in [7, 11) is -16.4. The number of nitrogens with one attached hydrogen (secondary N) is 1. The molecule has 1 N–H and O–H groups in total. The molecule has 10 nitrogen and oxygen atoms in total. The van der Waals surface area contributed by atoms with Crippen LogP contribution in [0, 0.1) is 11.3 Å². The fraction of sp³-hybridized carbons (Fsp3) is 0.375. The lowest BCUT2D eigenvalue weighted by Gasteiger charge is -2.40. The quantitative estimate of drug-likeness (QED) is 0.331. The second-order valence-electron chi connectivity index (χ2n) is 7.78. The van der Waals surface area contributed by atoms with E-state index in [4.69, 9.17) is 23.2 Å². The van der Waals surface area contributed by atoms with Gasteiger partial charge in [-0.05, 0) is 33.2 Å². The predicted molar refractivity (Wildman–Crippen MR) is 129 cm³/mol. The topological polar surface area (TPSA) is 128 Å². The van der Waals surface area contributed by atoms with Crippen LogP contribution < -0.4 is 9.03 Å². The Morgan fingerprint density at radius 2 is 1.50 bits per heavy atom. The van der Waals surface area contributed by atoms with Crippen molar-refractivity contribution in [3.05, 3.63) is 27.9 Å². The lowest BCUT2D eigenvalue weighted by Crippen LogP contribution is -2.38. The van der Waals surface area contributed by atoms with E-state index in [-0.39, 0.29) is 15.8 Å². The zero-order valence-electron chi connectivity index (χ0n) is 19.0. The number of sulfonamides is 2. The van der Waals surface area contributed by atoms with Gasteiger partial charge in [0.1, 0.15) is 22.3 Å². The number of rotatable bonds is 8. The van der Waals surface area contributed by atoms with Crippen molar-refractivity contribution in [2.75, 3.05) is 35.6 Å². The molecule has 204 valence electrons. The van der Waals surface area contributed by atoms with Crippen LogP contribution in [-0.2, 0) is 20.0 Å². The van der Waals surface area contributed by atoms with Crippen LogP contribution in [0.2, 0.25) is 10.0 Å². The summed E-state index contributed by atoms with van der Waals surface area (Å²) in [4.78, 5) is -0.898.